The highest BCUT2D eigenvalue weighted by Crippen LogP contribution is 2.47. The van der Waals surface area contributed by atoms with Gasteiger partial charge in [-0.3, -0.25) is 4.90 Å². The van der Waals surface area contributed by atoms with Crippen LogP contribution < -0.4 is 10.6 Å². The number of benzene rings is 2. The van der Waals surface area contributed by atoms with E-state index in [1.807, 2.05) is 4.90 Å². The lowest BCUT2D eigenvalue weighted by molar-refractivity contribution is 0.251. The predicted octanol–water partition coefficient (Wildman–Crippen LogP) is 9.26. The van der Waals surface area contributed by atoms with Crippen LogP contribution in [-0.2, 0) is 12.0 Å². The lowest BCUT2D eigenvalue weighted by atomic mass is 9.77. The van der Waals surface area contributed by atoms with E-state index in [4.69, 9.17) is 5.73 Å². The summed E-state index contributed by atoms with van der Waals surface area (Å²) in [5, 5.41) is 1.34. The van der Waals surface area contributed by atoms with Gasteiger partial charge in [0.05, 0.1) is 5.69 Å². The molecular formula is C34H49N3O. The van der Waals surface area contributed by atoms with Crippen LogP contribution in [0.2, 0.25) is 0 Å². The summed E-state index contributed by atoms with van der Waals surface area (Å²) in [5.41, 5.74) is 12.3. The number of fused-ring (bicyclic) bond motifs is 1. The maximum Gasteiger partial charge on any atom is 0.319 e. The third kappa shape index (κ3) is 5.80. The van der Waals surface area contributed by atoms with Gasteiger partial charge in [-0.2, -0.15) is 0 Å². The minimum absolute atomic E-state index is 0.0968. The number of urea groups is 1. The topological polar surface area (TPSA) is 51.3 Å². The van der Waals surface area contributed by atoms with Crippen molar-refractivity contribution in [2.75, 3.05) is 11.4 Å². The lowest BCUT2D eigenvalue weighted by Gasteiger charge is -2.37. The van der Waals surface area contributed by atoms with Crippen molar-refractivity contribution in [3.8, 4) is 0 Å². The Morgan fingerprint density at radius 2 is 1.55 bits per heavy atom. The molecular weight excluding hydrogens is 466 g/mol. The summed E-state index contributed by atoms with van der Waals surface area (Å²) < 4.78 is 2.48. The smallest absolute Gasteiger partial charge is 0.319 e. The summed E-state index contributed by atoms with van der Waals surface area (Å²) in [4.78, 5) is 15.2. The van der Waals surface area contributed by atoms with Crippen LogP contribution in [0.4, 0.5) is 10.5 Å². The molecule has 0 spiro atoms. The predicted molar refractivity (Wildman–Crippen MR) is 162 cm³/mol. The van der Waals surface area contributed by atoms with Gasteiger partial charge >= 0.3 is 6.03 Å². The number of hydrogen-bond acceptors (Lipinski definition) is 1. The third-order valence-electron chi connectivity index (χ3n) is 8.76. The number of para-hydroxylation sites is 2. The molecule has 2 aromatic carbocycles. The number of rotatable bonds is 12. The molecule has 1 aliphatic rings. The minimum Gasteiger partial charge on any atom is -0.351 e. The van der Waals surface area contributed by atoms with E-state index < -0.39 is 0 Å². The number of aromatic nitrogens is 1. The van der Waals surface area contributed by atoms with Crippen molar-refractivity contribution in [1.29, 1.82) is 0 Å². The van der Waals surface area contributed by atoms with Crippen LogP contribution in [0, 0.1) is 0 Å². The molecule has 3 aromatic rings. The molecule has 0 saturated heterocycles. The molecule has 4 rings (SSSR count). The quantitative estimate of drug-likeness (QED) is 0.240. The number of carbonyl (C=O) groups is 1. The van der Waals surface area contributed by atoms with Crippen LogP contribution >= 0.6 is 0 Å². The Bertz CT molecular complexity index is 1190. The highest BCUT2D eigenvalue weighted by molar-refractivity contribution is 5.94. The normalized spacial score (nSPS) is 15.1. The molecule has 0 radical (unpaired) electrons. The SMILES string of the molecule is CCCCCCCn1cc(C2(CN(C(N)=O)c3c(C(C)C)cccc3C(C)C)CCCC2)c2ccccc21. The molecule has 206 valence electrons. The Morgan fingerprint density at radius 3 is 2.16 bits per heavy atom. The fourth-order valence-electron chi connectivity index (χ4n) is 6.70. The van der Waals surface area contributed by atoms with Gasteiger partial charge in [-0.1, -0.05) is 110 Å². The molecule has 4 nitrogen and oxygen atoms in total. The van der Waals surface area contributed by atoms with Gasteiger partial charge in [-0.25, -0.2) is 4.79 Å². The van der Waals surface area contributed by atoms with E-state index in [2.05, 4.69) is 87.8 Å². The Balaban J connectivity index is 1.77. The first-order valence-corrected chi connectivity index (χ1v) is 15.1. The van der Waals surface area contributed by atoms with E-state index in [1.54, 1.807) is 0 Å². The number of nitrogens with two attached hydrogens (primary N) is 1. The molecule has 0 bridgehead atoms. The average Bonchev–Trinajstić information content (AvgIpc) is 3.52. The maximum atomic E-state index is 13.3. The van der Waals surface area contributed by atoms with Crippen LogP contribution in [0.1, 0.15) is 121 Å². The summed E-state index contributed by atoms with van der Waals surface area (Å²) >= 11 is 0. The first-order chi connectivity index (χ1) is 18.3. The minimum atomic E-state index is -0.342. The number of hydrogen-bond donors (Lipinski definition) is 1. The van der Waals surface area contributed by atoms with Crippen molar-refractivity contribution in [3.63, 3.8) is 0 Å². The van der Waals surface area contributed by atoms with Gasteiger partial charge in [0, 0.05) is 35.6 Å². The third-order valence-corrected chi connectivity index (χ3v) is 8.76. The maximum absolute atomic E-state index is 13.3. The van der Waals surface area contributed by atoms with Gasteiger partial charge in [-0.05, 0) is 53.9 Å². The number of aryl methyl sites for hydroxylation is 1. The molecule has 0 unspecified atom stereocenters. The number of unbranched alkanes of at least 4 members (excludes halogenated alkanes) is 4. The summed E-state index contributed by atoms with van der Waals surface area (Å²) in [6.07, 6.45) is 13.4. The van der Waals surface area contributed by atoms with Crippen LogP contribution in [0.3, 0.4) is 0 Å². The largest absolute Gasteiger partial charge is 0.351 e. The summed E-state index contributed by atoms with van der Waals surface area (Å²) in [7, 11) is 0. The zero-order valence-corrected chi connectivity index (χ0v) is 24.4. The summed E-state index contributed by atoms with van der Waals surface area (Å²) in [5.74, 6) is 0.611. The van der Waals surface area contributed by atoms with Crippen molar-refractivity contribution >= 4 is 22.6 Å². The highest BCUT2D eigenvalue weighted by atomic mass is 16.2. The van der Waals surface area contributed by atoms with Gasteiger partial charge in [0.25, 0.3) is 0 Å². The van der Waals surface area contributed by atoms with E-state index in [0.717, 1.165) is 25.1 Å². The van der Waals surface area contributed by atoms with Crippen LogP contribution in [0.15, 0.2) is 48.7 Å². The fourth-order valence-corrected chi connectivity index (χ4v) is 6.70. The van der Waals surface area contributed by atoms with Gasteiger partial charge in [0.1, 0.15) is 0 Å². The van der Waals surface area contributed by atoms with Gasteiger partial charge in [-0.15, -0.1) is 0 Å². The zero-order valence-electron chi connectivity index (χ0n) is 24.4. The molecule has 2 N–H and O–H groups in total. The Labute approximate surface area is 230 Å². The Kier molecular flexibility index (Phi) is 9.23. The second-order valence-electron chi connectivity index (χ2n) is 12.2. The van der Waals surface area contributed by atoms with Crippen molar-refractivity contribution in [2.45, 2.75) is 116 Å². The van der Waals surface area contributed by atoms with E-state index in [-0.39, 0.29) is 11.4 Å². The molecule has 0 atom stereocenters. The molecule has 4 heteroatoms. The van der Waals surface area contributed by atoms with Crippen molar-refractivity contribution in [2.24, 2.45) is 5.73 Å². The van der Waals surface area contributed by atoms with E-state index >= 15 is 0 Å². The number of anilines is 1. The van der Waals surface area contributed by atoms with Gasteiger partial charge in [0.15, 0.2) is 0 Å². The number of primary amides is 1. The molecule has 1 saturated carbocycles. The second kappa shape index (κ2) is 12.4. The number of nitrogens with zero attached hydrogens (tertiary/aromatic N) is 2. The van der Waals surface area contributed by atoms with Crippen molar-refractivity contribution in [3.05, 3.63) is 65.4 Å². The Morgan fingerprint density at radius 1 is 0.921 bits per heavy atom. The Hall–Kier alpha value is -2.75. The molecule has 1 heterocycles. The lowest BCUT2D eigenvalue weighted by Crippen LogP contribution is -2.46. The fraction of sp³-hybridized carbons (Fsp3) is 0.559. The molecule has 0 aliphatic heterocycles. The molecule has 38 heavy (non-hydrogen) atoms. The molecule has 1 aromatic heterocycles. The van der Waals surface area contributed by atoms with Crippen LogP contribution in [-0.4, -0.2) is 17.1 Å². The standard InChI is InChI=1S/C34H49N3O/c1-6-7-8-9-14-22-36-23-30(29-16-10-11-19-31(29)36)34(20-12-13-21-34)24-37(33(35)38)32-27(25(2)3)17-15-18-28(32)26(4)5/h10-11,15-19,23,25-26H,6-9,12-14,20-22,24H2,1-5H3,(H2,35,38). The van der Waals surface area contributed by atoms with Crippen molar-refractivity contribution in [1.82, 2.24) is 4.57 Å². The van der Waals surface area contributed by atoms with E-state index in [0.29, 0.717) is 18.4 Å². The highest BCUT2D eigenvalue weighted by Gasteiger charge is 2.41. The van der Waals surface area contributed by atoms with E-state index in [9.17, 15) is 4.79 Å². The average molecular weight is 516 g/mol. The van der Waals surface area contributed by atoms with Crippen LogP contribution in [0.5, 0.6) is 0 Å². The number of carbonyl (C=O) groups excluding carboxylic acids is 1. The van der Waals surface area contributed by atoms with Crippen LogP contribution in [0.25, 0.3) is 10.9 Å². The van der Waals surface area contributed by atoms with Gasteiger partial charge in [0.2, 0.25) is 0 Å². The monoisotopic (exact) mass is 515 g/mol. The van der Waals surface area contributed by atoms with Crippen molar-refractivity contribution < 1.29 is 4.79 Å². The first kappa shape index (κ1) is 28.3. The summed E-state index contributed by atoms with van der Waals surface area (Å²) in [6.45, 7) is 12.8. The number of amides is 2. The van der Waals surface area contributed by atoms with E-state index in [1.165, 1.54) is 72.5 Å². The molecule has 2 amide bonds. The molecule has 1 fully saturated rings. The first-order valence-electron chi connectivity index (χ1n) is 15.1. The summed E-state index contributed by atoms with van der Waals surface area (Å²) in [6, 6.07) is 15.0. The zero-order chi connectivity index (χ0) is 27.3. The molecule has 1 aliphatic carbocycles. The van der Waals surface area contributed by atoms with Gasteiger partial charge < -0.3 is 10.3 Å². The second-order valence-corrected chi connectivity index (χ2v) is 12.2.